The molecule has 2 saturated heterocycles. The molecule has 0 radical (unpaired) electrons. The number of carbonyl (C=O) groups is 1. The Morgan fingerprint density at radius 3 is 2.64 bits per heavy atom. The Balaban J connectivity index is 1.25. The first kappa shape index (κ1) is 16.9. The largest absolute Gasteiger partial charge is 0.493 e. The van der Waals surface area contributed by atoms with Crippen molar-refractivity contribution in [2.24, 2.45) is 17.3 Å². The van der Waals surface area contributed by atoms with Gasteiger partial charge in [-0.25, -0.2) is 0 Å². The zero-order valence-electron chi connectivity index (χ0n) is 14.8. The lowest BCUT2D eigenvalue weighted by Gasteiger charge is -2.23. The van der Waals surface area contributed by atoms with Gasteiger partial charge in [0.05, 0.1) is 6.61 Å². The molecular weight excluding hydrogens is 316 g/mol. The van der Waals surface area contributed by atoms with Crippen molar-refractivity contribution in [2.75, 3.05) is 38.2 Å². The number of carbonyl (C=O) groups excluding carboxylic acids is 1. The lowest BCUT2D eigenvalue weighted by molar-refractivity contribution is -0.118. The molecule has 1 saturated carbocycles. The van der Waals surface area contributed by atoms with Crippen LogP contribution in [-0.4, -0.2) is 38.8 Å². The van der Waals surface area contributed by atoms with Gasteiger partial charge in [0.25, 0.3) is 0 Å². The van der Waals surface area contributed by atoms with Crippen LogP contribution in [0.4, 0.5) is 5.69 Å². The zero-order chi connectivity index (χ0) is 17.1. The SMILES string of the molecule is O=C(Nc1ccc(OCC2CCOCC2)cc1)C1CC12CCNCC2. The van der Waals surface area contributed by atoms with E-state index in [9.17, 15) is 4.79 Å². The fraction of sp³-hybridized carbons (Fsp3) is 0.650. The van der Waals surface area contributed by atoms with E-state index in [1.165, 1.54) is 0 Å². The first-order chi connectivity index (χ1) is 12.3. The lowest BCUT2D eigenvalue weighted by atomic mass is 9.92. The van der Waals surface area contributed by atoms with Gasteiger partial charge in [-0.05, 0) is 80.8 Å². The van der Waals surface area contributed by atoms with Crippen LogP contribution in [0.5, 0.6) is 5.75 Å². The molecule has 1 unspecified atom stereocenters. The van der Waals surface area contributed by atoms with E-state index in [1.807, 2.05) is 24.3 Å². The maximum atomic E-state index is 12.5. The van der Waals surface area contributed by atoms with E-state index in [0.29, 0.717) is 5.92 Å². The summed E-state index contributed by atoms with van der Waals surface area (Å²) in [4.78, 5) is 12.5. The van der Waals surface area contributed by atoms with E-state index in [1.54, 1.807) is 0 Å². The van der Waals surface area contributed by atoms with Crippen LogP contribution in [-0.2, 0) is 9.53 Å². The van der Waals surface area contributed by atoms with Gasteiger partial charge < -0.3 is 20.1 Å². The number of benzene rings is 1. The minimum absolute atomic E-state index is 0.178. The van der Waals surface area contributed by atoms with Gasteiger partial charge in [-0.15, -0.1) is 0 Å². The van der Waals surface area contributed by atoms with Crippen molar-refractivity contribution in [3.05, 3.63) is 24.3 Å². The van der Waals surface area contributed by atoms with E-state index < -0.39 is 0 Å². The number of rotatable bonds is 5. The highest BCUT2D eigenvalue weighted by Crippen LogP contribution is 2.58. The van der Waals surface area contributed by atoms with Gasteiger partial charge in [-0.2, -0.15) is 0 Å². The third-order valence-electron chi connectivity index (χ3n) is 6.05. The predicted octanol–water partition coefficient (Wildman–Crippen LogP) is 2.82. The van der Waals surface area contributed by atoms with Gasteiger partial charge in [-0.3, -0.25) is 4.79 Å². The van der Waals surface area contributed by atoms with Crippen LogP contribution < -0.4 is 15.4 Å². The number of nitrogens with one attached hydrogen (secondary N) is 2. The summed E-state index contributed by atoms with van der Waals surface area (Å²) < 4.78 is 11.3. The van der Waals surface area contributed by atoms with Crippen molar-refractivity contribution in [2.45, 2.75) is 32.1 Å². The molecule has 1 aliphatic carbocycles. The van der Waals surface area contributed by atoms with Crippen molar-refractivity contribution < 1.29 is 14.3 Å². The van der Waals surface area contributed by atoms with Crippen molar-refractivity contribution >= 4 is 11.6 Å². The van der Waals surface area contributed by atoms with Crippen LogP contribution in [0.1, 0.15) is 32.1 Å². The van der Waals surface area contributed by atoms with Crippen molar-refractivity contribution in [3.8, 4) is 5.75 Å². The summed E-state index contributed by atoms with van der Waals surface area (Å²) >= 11 is 0. The highest BCUT2D eigenvalue weighted by molar-refractivity contribution is 5.95. The average Bonchev–Trinajstić information content (AvgIpc) is 3.35. The second-order valence-electron chi connectivity index (χ2n) is 7.75. The number of amides is 1. The molecule has 25 heavy (non-hydrogen) atoms. The standard InChI is InChI=1S/C20H28N2O3/c23-19(18-13-20(18)7-9-21-10-8-20)22-16-1-3-17(4-2-16)25-14-15-5-11-24-12-6-15/h1-4,15,18,21H,5-14H2,(H,22,23). The fourth-order valence-electron chi connectivity index (χ4n) is 4.19. The van der Waals surface area contributed by atoms with Crippen molar-refractivity contribution in [3.63, 3.8) is 0 Å². The Labute approximate surface area is 149 Å². The monoisotopic (exact) mass is 344 g/mol. The van der Waals surface area contributed by atoms with Crippen molar-refractivity contribution in [1.29, 1.82) is 0 Å². The van der Waals surface area contributed by atoms with Crippen molar-refractivity contribution in [1.82, 2.24) is 5.32 Å². The highest BCUT2D eigenvalue weighted by Gasteiger charge is 2.57. The van der Waals surface area contributed by atoms with E-state index in [-0.39, 0.29) is 17.2 Å². The molecule has 1 aromatic carbocycles. The maximum Gasteiger partial charge on any atom is 0.228 e. The van der Waals surface area contributed by atoms with Crippen LogP contribution in [0.25, 0.3) is 0 Å². The Morgan fingerprint density at radius 2 is 1.92 bits per heavy atom. The molecule has 5 heteroatoms. The summed E-state index contributed by atoms with van der Waals surface area (Å²) in [5, 5.41) is 6.46. The predicted molar refractivity (Wildman–Crippen MR) is 96.8 cm³/mol. The molecule has 3 aliphatic rings. The molecule has 0 aromatic heterocycles. The fourth-order valence-corrected chi connectivity index (χ4v) is 4.19. The second-order valence-corrected chi connectivity index (χ2v) is 7.75. The van der Waals surface area contributed by atoms with Gasteiger partial charge in [0, 0.05) is 24.8 Å². The van der Waals surface area contributed by atoms with E-state index in [0.717, 1.165) is 76.5 Å². The first-order valence-corrected chi connectivity index (χ1v) is 9.57. The van der Waals surface area contributed by atoms with Crippen LogP contribution >= 0.6 is 0 Å². The van der Waals surface area contributed by atoms with Gasteiger partial charge in [0.1, 0.15) is 5.75 Å². The summed E-state index contributed by atoms with van der Waals surface area (Å²) in [5.41, 5.74) is 1.14. The summed E-state index contributed by atoms with van der Waals surface area (Å²) in [6.45, 7) is 4.52. The normalized spacial score (nSPS) is 25.5. The number of ether oxygens (including phenoxy) is 2. The number of piperidine rings is 1. The van der Waals surface area contributed by atoms with E-state index in [2.05, 4.69) is 10.6 Å². The van der Waals surface area contributed by atoms with E-state index in [4.69, 9.17) is 9.47 Å². The average molecular weight is 344 g/mol. The second kappa shape index (κ2) is 7.34. The number of hydrogen-bond donors (Lipinski definition) is 2. The number of anilines is 1. The smallest absolute Gasteiger partial charge is 0.228 e. The molecule has 2 aliphatic heterocycles. The Bertz CT molecular complexity index is 589. The number of hydrogen-bond acceptors (Lipinski definition) is 4. The summed E-state index contributed by atoms with van der Waals surface area (Å²) in [5.74, 6) is 1.83. The van der Waals surface area contributed by atoms with Crippen LogP contribution in [0.15, 0.2) is 24.3 Å². The topological polar surface area (TPSA) is 59.6 Å². The minimum atomic E-state index is 0.178. The maximum absolute atomic E-state index is 12.5. The van der Waals surface area contributed by atoms with Gasteiger partial charge in [0.15, 0.2) is 0 Å². The van der Waals surface area contributed by atoms with Gasteiger partial charge in [-0.1, -0.05) is 0 Å². The third kappa shape index (κ3) is 3.98. The zero-order valence-corrected chi connectivity index (χ0v) is 14.8. The molecule has 0 bridgehead atoms. The molecule has 1 aromatic rings. The molecule has 4 rings (SSSR count). The van der Waals surface area contributed by atoms with Gasteiger partial charge in [0.2, 0.25) is 5.91 Å². The summed E-state index contributed by atoms with van der Waals surface area (Å²) in [6, 6.07) is 7.77. The molecule has 2 N–H and O–H groups in total. The minimum Gasteiger partial charge on any atom is -0.493 e. The third-order valence-corrected chi connectivity index (χ3v) is 6.05. The molecule has 2 heterocycles. The van der Waals surface area contributed by atoms with Gasteiger partial charge >= 0.3 is 0 Å². The quantitative estimate of drug-likeness (QED) is 0.862. The van der Waals surface area contributed by atoms with Crippen LogP contribution in [0.2, 0.25) is 0 Å². The Morgan fingerprint density at radius 1 is 1.20 bits per heavy atom. The molecule has 1 atom stereocenters. The lowest BCUT2D eigenvalue weighted by Crippen LogP contribution is -2.31. The Hall–Kier alpha value is -1.59. The molecule has 3 fully saturated rings. The summed E-state index contributed by atoms with van der Waals surface area (Å²) in [7, 11) is 0. The molecule has 5 nitrogen and oxygen atoms in total. The molecule has 136 valence electrons. The van der Waals surface area contributed by atoms with Crippen LogP contribution in [0.3, 0.4) is 0 Å². The highest BCUT2D eigenvalue weighted by atomic mass is 16.5. The van der Waals surface area contributed by atoms with E-state index >= 15 is 0 Å². The first-order valence-electron chi connectivity index (χ1n) is 9.57. The van der Waals surface area contributed by atoms with Crippen LogP contribution in [0, 0.1) is 17.3 Å². The molecule has 1 amide bonds. The summed E-state index contributed by atoms with van der Waals surface area (Å²) in [6.07, 6.45) is 5.46. The molecule has 1 spiro atoms. The Kier molecular flexibility index (Phi) is 4.95. The molecular formula is C20H28N2O3.